The molecule has 160 valence electrons. The Labute approximate surface area is 182 Å². The molecule has 1 aliphatic heterocycles. The van der Waals surface area contributed by atoms with Crippen molar-refractivity contribution in [3.8, 4) is 0 Å². The predicted molar refractivity (Wildman–Crippen MR) is 117 cm³/mol. The van der Waals surface area contributed by atoms with E-state index < -0.39 is 29.5 Å². The molecule has 2 atom stereocenters. The van der Waals surface area contributed by atoms with E-state index in [1.165, 1.54) is 6.07 Å². The minimum atomic E-state index is -0.865. The van der Waals surface area contributed by atoms with E-state index in [1.54, 1.807) is 42.4 Å². The van der Waals surface area contributed by atoms with Crippen LogP contribution in [0.4, 0.5) is 14.5 Å². The second-order valence-corrected chi connectivity index (χ2v) is 7.83. The number of likely N-dealkylation sites (N-methyl/N-ethyl adjacent to an activating group) is 1. The van der Waals surface area contributed by atoms with Crippen LogP contribution >= 0.6 is 0 Å². The van der Waals surface area contributed by atoms with Crippen molar-refractivity contribution >= 4 is 28.4 Å². The van der Waals surface area contributed by atoms with E-state index in [0.29, 0.717) is 11.1 Å². The second kappa shape index (κ2) is 7.60. The first kappa shape index (κ1) is 19.9. The van der Waals surface area contributed by atoms with Gasteiger partial charge < -0.3 is 15.2 Å². The molecule has 0 saturated heterocycles. The summed E-state index contributed by atoms with van der Waals surface area (Å²) in [5, 5.41) is 3.49. The van der Waals surface area contributed by atoms with Crippen molar-refractivity contribution in [2.45, 2.75) is 12.0 Å². The van der Waals surface area contributed by atoms with Gasteiger partial charge >= 0.3 is 0 Å². The van der Waals surface area contributed by atoms with Crippen molar-refractivity contribution in [3.05, 3.63) is 101 Å². The lowest BCUT2D eigenvalue weighted by Gasteiger charge is -2.39. The zero-order chi connectivity index (χ0) is 22.4. The summed E-state index contributed by atoms with van der Waals surface area (Å²) >= 11 is 0. The third-order valence-corrected chi connectivity index (χ3v) is 5.99. The lowest BCUT2D eigenvalue weighted by molar-refractivity contribution is -0.119. The Morgan fingerprint density at radius 3 is 2.56 bits per heavy atom. The molecule has 0 spiro atoms. The average Bonchev–Trinajstić information content (AvgIpc) is 3.21. The number of nitrogens with one attached hydrogen (secondary N) is 2. The van der Waals surface area contributed by atoms with Crippen LogP contribution in [-0.4, -0.2) is 28.7 Å². The van der Waals surface area contributed by atoms with Crippen molar-refractivity contribution in [1.29, 1.82) is 0 Å². The van der Waals surface area contributed by atoms with E-state index in [9.17, 15) is 18.4 Å². The number of amides is 2. The van der Waals surface area contributed by atoms with Gasteiger partial charge in [0.1, 0.15) is 11.6 Å². The monoisotopic (exact) mass is 431 g/mol. The molecule has 32 heavy (non-hydrogen) atoms. The highest BCUT2D eigenvalue weighted by Crippen LogP contribution is 2.44. The molecule has 0 bridgehead atoms. The number of rotatable bonds is 3. The molecule has 0 radical (unpaired) electrons. The van der Waals surface area contributed by atoms with Gasteiger partial charge in [0.25, 0.3) is 5.91 Å². The third kappa shape index (κ3) is 3.13. The van der Waals surface area contributed by atoms with Crippen LogP contribution in [0.25, 0.3) is 10.9 Å². The van der Waals surface area contributed by atoms with Crippen molar-refractivity contribution in [1.82, 2.24) is 9.88 Å². The van der Waals surface area contributed by atoms with Crippen molar-refractivity contribution in [2.24, 2.45) is 0 Å². The lowest BCUT2D eigenvalue weighted by atomic mass is 9.79. The molecular formula is C25H19F2N3O2. The number of hydrogen-bond donors (Lipinski definition) is 2. The van der Waals surface area contributed by atoms with E-state index >= 15 is 0 Å². The Hall–Kier alpha value is -4.00. The van der Waals surface area contributed by atoms with E-state index in [0.717, 1.165) is 28.6 Å². The normalized spacial score (nSPS) is 18.0. The van der Waals surface area contributed by atoms with Crippen LogP contribution in [0.15, 0.2) is 72.9 Å². The predicted octanol–water partition coefficient (Wildman–Crippen LogP) is 5.00. The molecule has 2 N–H and O–H groups in total. The van der Waals surface area contributed by atoms with Gasteiger partial charge in [-0.05, 0) is 29.8 Å². The summed E-state index contributed by atoms with van der Waals surface area (Å²) in [5.74, 6) is -3.09. The number of aromatic amines is 1. The Bertz CT molecular complexity index is 1360. The first-order valence-corrected chi connectivity index (χ1v) is 10.1. The third-order valence-electron chi connectivity index (χ3n) is 5.99. The first-order valence-electron chi connectivity index (χ1n) is 10.1. The highest BCUT2D eigenvalue weighted by molar-refractivity contribution is 6.05. The largest absolute Gasteiger partial charge is 0.361 e. The quantitative estimate of drug-likeness (QED) is 0.480. The zero-order valence-corrected chi connectivity index (χ0v) is 17.1. The van der Waals surface area contributed by atoms with Crippen LogP contribution in [0.5, 0.6) is 0 Å². The van der Waals surface area contributed by atoms with Crippen LogP contribution in [-0.2, 0) is 4.79 Å². The summed E-state index contributed by atoms with van der Waals surface area (Å²) in [6.07, 6.45) is 1.80. The molecule has 0 unspecified atom stereocenters. The van der Waals surface area contributed by atoms with Crippen LogP contribution in [0.3, 0.4) is 0 Å². The van der Waals surface area contributed by atoms with Crippen LogP contribution < -0.4 is 5.32 Å². The summed E-state index contributed by atoms with van der Waals surface area (Å²) in [4.78, 5) is 31.4. The van der Waals surface area contributed by atoms with Gasteiger partial charge in [-0.25, -0.2) is 8.78 Å². The maximum Gasteiger partial charge on any atom is 0.254 e. The highest BCUT2D eigenvalue weighted by Gasteiger charge is 2.43. The summed E-state index contributed by atoms with van der Waals surface area (Å²) in [6.45, 7) is 0. The number of anilines is 1. The van der Waals surface area contributed by atoms with Gasteiger partial charge in [-0.1, -0.05) is 36.4 Å². The van der Waals surface area contributed by atoms with Gasteiger partial charge in [-0.15, -0.1) is 0 Å². The molecule has 0 saturated carbocycles. The van der Waals surface area contributed by atoms with Crippen LogP contribution in [0.1, 0.15) is 33.4 Å². The number of hydrogen-bond acceptors (Lipinski definition) is 2. The van der Waals surface area contributed by atoms with Gasteiger partial charge in [0, 0.05) is 41.3 Å². The SMILES string of the molecule is CN1C(=O)c2ccccc2[C@@H](C(=O)Nc2ccc(F)cc2F)[C@H]1c1c[nH]c2ccccc12. The van der Waals surface area contributed by atoms with E-state index in [4.69, 9.17) is 0 Å². The van der Waals surface area contributed by atoms with Crippen molar-refractivity contribution < 1.29 is 18.4 Å². The molecule has 3 aromatic carbocycles. The number of fused-ring (bicyclic) bond motifs is 2. The van der Waals surface area contributed by atoms with E-state index in [-0.39, 0.29) is 11.6 Å². The maximum atomic E-state index is 14.3. The molecule has 2 heterocycles. The number of halogens is 2. The molecule has 1 aromatic heterocycles. The molecule has 7 heteroatoms. The Balaban J connectivity index is 1.65. The van der Waals surface area contributed by atoms with Gasteiger partial charge in [0.2, 0.25) is 5.91 Å². The second-order valence-electron chi connectivity index (χ2n) is 7.83. The van der Waals surface area contributed by atoms with Gasteiger partial charge in [0.15, 0.2) is 0 Å². The fourth-order valence-corrected chi connectivity index (χ4v) is 4.49. The molecule has 5 rings (SSSR count). The number of H-pyrrole nitrogens is 1. The minimum Gasteiger partial charge on any atom is -0.361 e. The summed E-state index contributed by atoms with van der Waals surface area (Å²) in [5.41, 5.74) is 2.53. The fourth-order valence-electron chi connectivity index (χ4n) is 4.49. The number of carbonyl (C=O) groups excluding carboxylic acids is 2. The van der Waals surface area contributed by atoms with Crippen molar-refractivity contribution in [3.63, 3.8) is 0 Å². The number of para-hydroxylation sites is 1. The fraction of sp³-hybridized carbons (Fsp3) is 0.120. The van der Waals surface area contributed by atoms with Crippen LogP contribution in [0, 0.1) is 11.6 Å². The maximum absolute atomic E-state index is 14.3. The number of aromatic nitrogens is 1. The average molecular weight is 431 g/mol. The number of benzene rings is 3. The molecule has 0 fully saturated rings. The lowest BCUT2D eigenvalue weighted by Crippen LogP contribution is -2.44. The topological polar surface area (TPSA) is 65.2 Å². The molecule has 0 aliphatic carbocycles. The molecule has 2 amide bonds. The van der Waals surface area contributed by atoms with Crippen LogP contribution in [0.2, 0.25) is 0 Å². The van der Waals surface area contributed by atoms with Gasteiger partial charge in [-0.2, -0.15) is 0 Å². The molecule has 1 aliphatic rings. The molecular weight excluding hydrogens is 412 g/mol. The molecule has 5 nitrogen and oxygen atoms in total. The standard InChI is InChI=1S/C25H19F2N3O2/c1-30-23(18-13-28-20-9-5-4-6-15(18)20)22(16-7-2-3-8-17(16)25(30)32)24(31)29-21-11-10-14(26)12-19(21)27/h2-13,22-23,28H,1H3,(H,29,31)/t22-,23-/m1/s1. The molecule has 4 aromatic rings. The Morgan fingerprint density at radius 2 is 1.75 bits per heavy atom. The first-order chi connectivity index (χ1) is 15.5. The minimum absolute atomic E-state index is 0.119. The summed E-state index contributed by atoms with van der Waals surface area (Å²) in [7, 11) is 1.66. The Kier molecular flexibility index (Phi) is 4.74. The number of carbonyl (C=O) groups is 2. The van der Waals surface area contributed by atoms with Gasteiger partial charge in [-0.3, -0.25) is 9.59 Å². The highest BCUT2D eigenvalue weighted by atomic mass is 19.1. The van der Waals surface area contributed by atoms with E-state index in [1.807, 2.05) is 24.3 Å². The smallest absolute Gasteiger partial charge is 0.254 e. The van der Waals surface area contributed by atoms with Crippen molar-refractivity contribution in [2.75, 3.05) is 12.4 Å². The van der Waals surface area contributed by atoms with E-state index in [2.05, 4.69) is 10.3 Å². The summed E-state index contributed by atoms with van der Waals surface area (Å²) < 4.78 is 27.6. The Morgan fingerprint density at radius 1 is 1.00 bits per heavy atom. The zero-order valence-electron chi connectivity index (χ0n) is 17.1. The van der Waals surface area contributed by atoms with Gasteiger partial charge in [0.05, 0.1) is 17.6 Å². The summed E-state index contributed by atoms with van der Waals surface area (Å²) in [6, 6.07) is 16.9. The number of nitrogens with zero attached hydrogens (tertiary/aromatic N) is 1.